The van der Waals surface area contributed by atoms with Crippen LogP contribution in [0.25, 0.3) is 0 Å². The number of alkyl carbamates (subject to hydrolysis) is 1. The first-order valence-corrected chi connectivity index (χ1v) is 7.63. The van der Waals surface area contributed by atoms with Gasteiger partial charge < -0.3 is 10.1 Å². The Morgan fingerprint density at radius 2 is 1.95 bits per heavy atom. The van der Waals surface area contributed by atoms with Crippen molar-refractivity contribution < 1.29 is 14.3 Å². The smallest absolute Gasteiger partial charge is 0.408 e. The third kappa shape index (κ3) is 6.62. The Labute approximate surface area is 129 Å². The van der Waals surface area contributed by atoms with Gasteiger partial charge in [-0.15, -0.1) is 0 Å². The van der Waals surface area contributed by atoms with Gasteiger partial charge in [0.15, 0.2) is 0 Å². The number of nitrogens with one attached hydrogen (secondary N) is 1. The zero-order chi connectivity index (χ0) is 16.0. The molecule has 0 radical (unpaired) electrons. The molecule has 21 heavy (non-hydrogen) atoms. The number of thioether (sulfide) groups is 1. The number of carbonyl (C=O) groups is 2. The van der Waals surface area contributed by atoms with E-state index in [9.17, 15) is 9.59 Å². The third-order valence-corrected chi connectivity index (χ3v) is 3.34. The fourth-order valence-corrected chi connectivity index (χ4v) is 2.43. The summed E-state index contributed by atoms with van der Waals surface area (Å²) in [5.41, 5.74) is -0.594. The van der Waals surface area contributed by atoms with Crippen molar-refractivity contribution in [3.63, 3.8) is 0 Å². The van der Waals surface area contributed by atoms with Crippen LogP contribution in [-0.4, -0.2) is 27.8 Å². The van der Waals surface area contributed by atoms with Crippen molar-refractivity contribution in [2.45, 2.75) is 51.3 Å². The zero-order valence-corrected chi connectivity index (χ0v) is 13.9. The summed E-state index contributed by atoms with van der Waals surface area (Å²) in [6.07, 6.45) is 1.04. The van der Waals surface area contributed by atoms with Gasteiger partial charge in [-0.05, 0) is 50.6 Å². The van der Waals surface area contributed by atoms with Crippen molar-refractivity contribution >= 4 is 23.0 Å². The SMILES string of the molecule is CC(C)[C@H](NC(=O)OC(C)(C)C)C(=O)Sc1ccccn1. The van der Waals surface area contributed by atoms with E-state index in [1.54, 1.807) is 39.1 Å². The largest absolute Gasteiger partial charge is 0.444 e. The quantitative estimate of drug-likeness (QED) is 0.865. The molecule has 0 aliphatic rings. The maximum absolute atomic E-state index is 12.3. The molecule has 116 valence electrons. The number of pyridine rings is 1. The van der Waals surface area contributed by atoms with Gasteiger partial charge in [-0.25, -0.2) is 9.78 Å². The Bertz CT molecular complexity index is 483. The second-order valence-corrected chi connectivity index (χ2v) is 6.98. The molecule has 0 fully saturated rings. The number of hydrogen-bond acceptors (Lipinski definition) is 5. The first-order chi connectivity index (χ1) is 9.69. The standard InChI is InChI=1S/C15H22N2O3S/c1-10(2)12(17-14(19)20-15(3,4)5)13(18)21-11-8-6-7-9-16-11/h6-10,12H,1-5H3,(H,17,19)/t12-/m0/s1. The van der Waals surface area contributed by atoms with Crippen LogP contribution in [0.15, 0.2) is 29.4 Å². The van der Waals surface area contributed by atoms with E-state index in [1.807, 2.05) is 19.9 Å². The van der Waals surface area contributed by atoms with Gasteiger partial charge in [0.05, 0.1) is 0 Å². The monoisotopic (exact) mass is 310 g/mol. The molecular weight excluding hydrogens is 288 g/mol. The molecule has 0 spiro atoms. The Kier molecular flexibility index (Phi) is 6.20. The van der Waals surface area contributed by atoms with Gasteiger partial charge in [0.1, 0.15) is 16.7 Å². The van der Waals surface area contributed by atoms with Crippen LogP contribution in [0.4, 0.5) is 4.79 Å². The molecule has 1 heterocycles. The number of aromatic nitrogens is 1. The fourth-order valence-electron chi connectivity index (χ4n) is 1.51. The van der Waals surface area contributed by atoms with Crippen molar-refractivity contribution in [2.24, 2.45) is 5.92 Å². The zero-order valence-electron chi connectivity index (χ0n) is 13.0. The lowest BCUT2D eigenvalue weighted by Gasteiger charge is -2.24. The molecule has 0 bridgehead atoms. The summed E-state index contributed by atoms with van der Waals surface area (Å²) in [5, 5.41) is 3.09. The Balaban J connectivity index is 2.69. The van der Waals surface area contributed by atoms with E-state index in [-0.39, 0.29) is 11.0 Å². The Morgan fingerprint density at radius 3 is 2.43 bits per heavy atom. The van der Waals surface area contributed by atoms with Crippen LogP contribution in [0.5, 0.6) is 0 Å². The van der Waals surface area contributed by atoms with Crippen LogP contribution in [0.3, 0.4) is 0 Å². The lowest BCUT2D eigenvalue weighted by atomic mass is 10.1. The van der Waals surface area contributed by atoms with Crippen molar-refractivity contribution in [2.75, 3.05) is 0 Å². The molecular formula is C15H22N2O3S. The van der Waals surface area contributed by atoms with Gasteiger partial charge in [0.25, 0.3) is 0 Å². The topological polar surface area (TPSA) is 68.3 Å². The predicted molar refractivity (Wildman–Crippen MR) is 83.1 cm³/mol. The number of rotatable bonds is 4. The maximum atomic E-state index is 12.3. The van der Waals surface area contributed by atoms with Crippen LogP contribution in [-0.2, 0) is 9.53 Å². The Hall–Kier alpha value is -1.56. The van der Waals surface area contributed by atoms with Crippen LogP contribution in [0.2, 0.25) is 0 Å². The number of amides is 1. The average molecular weight is 310 g/mol. The van der Waals surface area contributed by atoms with E-state index in [1.165, 1.54) is 0 Å². The minimum Gasteiger partial charge on any atom is -0.444 e. The van der Waals surface area contributed by atoms with Crippen LogP contribution in [0, 0.1) is 5.92 Å². The number of hydrogen-bond donors (Lipinski definition) is 1. The molecule has 5 nitrogen and oxygen atoms in total. The molecule has 0 aliphatic carbocycles. The highest BCUT2D eigenvalue weighted by atomic mass is 32.2. The summed E-state index contributed by atoms with van der Waals surface area (Å²) in [4.78, 5) is 28.2. The number of nitrogens with zero attached hydrogens (tertiary/aromatic N) is 1. The van der Waals surface area contributed by atoms with E-state index in [0.29, 0.717) is 5.03 Å². The molecule has 1 rings (SSSR count). The van der Waals surface area contributed by atoms with Crippen molar-refractivity contribution in [3.8, 4) is 0 Å². The number of carbonyl (C=O) groups excluding carboxylic acids is 2. The highest BCUT2D eigenvalue weighted by Gasteiger charge is 2.27. The fraction of sp³-hybridized carbons (Fsp3) is 0.533. The lowest BCUT2D eigenvalue weighted by molar-refractivity contribution is -0.113. The van der Waals surface area contributed by atoms with E-state index in [4.69, 9.17) is 4.74 Å². The summed E-state index contributed by atoms with van der Waals surface area (Å²) >= 11 is 1.02. The van der Waals surface area contributed by atoms with E-state index < -0.39 is 17.7 Å². The Morgan fingerprint density at radius 1 is 1.29 bits per heavy atom. The van der Waals surface area contributed by atoms with Gasteiger partial charge >= 0.3 is 6.09 Å². The molecule has 0 aromatic carbocycles. The van der Waals surface area contributed by atoms with Gasteiger partial charge in [-0.3, -0.25) is 4.79 Å². The predicted octanol–water partition coefficient (Wildman–Crippen LogP) is 3.25. The van der Waals surface area contributed by atoms with Crippen LogP contribution >= 0.6 is 11.8 Å². The van der Waals surface area contributed by atoms with Gasteiger partial charge in [-0.2, -0.15) is 0 Å². The van der Waals surface area contributed by atoms with Crippen molar-refractivity contribution in [1.82, 2.24) is 10.3 Å². The van der Waals surface area contributed by atoms with Crippen LogP contribution < -0.4 is 5.32 Å². The van der Waals surface area contributed by atoms with Gasteiger partial charge in [-0.1, -0.05) is 19.9 Å². The van der Waals surface area contributed by atoms with E-state index in [2.05, 4.69) is 10.3 Å². The van der Waals surface area contributed by atoms with Gasteiger partial charge in [0.2, 0.25) is 5.12 Å². The van der Waals surface area contributed by atoms with E-state index >= 15 is 0 Å². The highest BCUT2D eigenvalue weighted by Crippen LogP contribution is 2.20. The minimum atomic E-state index is -0.619. The molecule has 1 aromatic rings. The summed E-state index contributed by atoms with van der Waals surface area (Å²) < 4.78 is 5.19. The summed E-state index contributed by atoms with van der Waals surface area (Å²) in [6, 6.07) is 4.74. The molecule has 1 amide bonds. The second-order valence-electron chi connectivity index (χ2n) is 5.96. The first kappa shape index (κ1) is 17.5. The maximum Gasteiger partial charge on any atom is 0.408 e. The second kappa shape index (κ2) is 7.45. The van der Waals surface area contributed by atoms with Crippen LogP contribution in [0.1, 0.15) is 34.6 Å². The normalized spacial score (nSPS) is 12.9. The summed E-state index contributed by atoms with van der Waals surface area (Å²) in [5.74, 6) is -0.0405. The molecule has 0 unspecified atom stereocenters. The van der Waals surface area contributed by atoms with Crippen molar-refractivity contribution in [3.05, 3.63) is 24.4 Å². The summed E-state index contributed by atoms with van der Waals surface area (Å²) in [6.45, 7) is 9.09. The molecule has 1 aromatic heterocycles. The molecule has 1 atom stereocenters. The lowest BCUT2D eigenvalue weighted by Crippen LogP contribution is -2.45. The molecule has 0 saturated heterocycles. The number of ether oxygens (including phenoxy) is 1. The third-order valence-electron chi connectivity index (χ3n) is 2.44. The highest BCUT2D eigenvalue weighted by molar-refractivity contribution is 8.13. The molecule has 1 N–H and O–H groups in total. The van der Waals surface area contributed by atoms with E-state index in [0.717, 1.165) is 11.8 Å². The summed E-state index contributed by atoms with van der Waals surface area (Å²) in [7, 11) is 0. The first-order valence-electron chi connectivity index (χ1n) is 6.81. The van der Waals surface area contributed by atoms with Crippen molar-refractivity contribution in [1.29, 1.82) is 0 Å². The minimum absolute atomic E-state index is 0.0405. The molecule has 0 saturated carbocycles. The molecule has 6 heteroatoms. The average Bonchev–Trinajstić information content (AvgIpc) is 2.34. The van der Waals surface area contributed by atoms with Gasteiger partial charge in [0, 0.05) is 6.20 Å². The molecule has 0 aliphatic heterocycles.